The molecule has 158 valence electrons. The highest BCUT2D eigenvalue weighted by Gasteiger charge is 2.14. The average molecular weight is 438 g/mol. The number of nitrogens with zero attached hydrogens (tertiary/aromatic N) is 3. The molecular weight excluding hydrogens is 419 g/mol. The van der Waals surface area contributed by atoms with Gasteiger partial charge in [0.2, 0.25) is 16.0 Å². The third kappa shape index (κ3) is 4.44. The predicted octanol–water partition coefficient (Wildman–Crippen LogP) is 3.92. The van der Waals surface area contributed by atoms with E-state index in [0.717, 1.165) is 17.3 Å². The second-order valence-electron chi connectivity index (χ2n) is 7.00. The SMILES string of the molecule is Cc1ccc2cccc(Nc3nc(Nc4ccc(C)c(S(N)(=O)=O)c4)ncc3F)c2n1. The van der Waals surface area contributed by atoms with Gasteiger partial charge in [0, 0.05) is 16.8 Å². The van der Waals surface area contributed by atoms with Crippen molar-refractivity contribution in [3.05, 3.63) is 71.8 Å². The van der Waals surface area contributed by atoms with E-state index >= 15 is 0 Å². The molecule has 0 spiro atoms. The van der Waals surface area contributed by atoms with Gasteiger partial charge in [0.1, 0.15) is 0 Å². The van der Waals surface area contributed by atoms with Crippen LogP contribution in [0.3, 0.4) is 0 Å². The summed E-state index contributed by atoms with van der Waals surface area (Å²) in [6.07, 6.45) is 1.02. The first-order valence-corrected chi connectivity index (χ1v) is 10.8. The molecule has 2 aromatic carbocycles. The number of aryl methyl sites for hydroxylation is 2. The molecule has 10 heteroatoms. The van der Waals surface area contributed by atoms with Crippen LogP contribution in [0, 0.1) is 19.7 Å². The van der Waals surface area contributed by atoms with E-state index in [9.17, 15) is 12.8 Å². The molecular formula is C21H19FN6O2S. The van der Waals surface area contributed by atoms with Crippen LogP contribution >= 0.6 is 0 Å². The van der Waals surface area contributed by atoms with E-state index in [-0.39, 0.29) is 16.7 Å². The number of halogens is 1. The van der Waals surface area contributed by atoms with Crippen molar-refractivity contribution in [1.82, 2.24) is 15.0 Å². The highest BCUT2D eigenvalue weighted by atomic mass is 32.2. The fourth-order valence-corrected chi connectivity index (χ4v) is 3.91. The minimum atomic E-state index is -3.89. The van der Waals surface area contributed by atoms with Crippen LogP contribution in [0.4, 0.5) is 27.5 Å². The Bertz CT molecular complexity index is 1410. The molecule has 0 aliphatic heterocycles. The Morgan fingerprint density at radius 3 is 2.58 bits per heavy atom. The van der Waals surface area contributed by atoms with E-state index in [2.05, 4.69) is 25.6 Å². The Labute approximate surface area is 178 Å². The van der Waals surface area contributed by atoms with Gasteiger partial charge in [-0.15, -0.1) is 0 Å². The van der Waals surface area contributed by atoms with Crippen molar-refractivity contribution in [2.24, 2.45) is 5.14 Å². The highest BCUT2D eigenvalue weighted by molar-refractivity contribution is 7.89. The third-order valence-corrected chi connectivity index (χ3v) is 5.66. The van der Waals surface area contributed by atoms with Crippen LogP contribution in [0.2, 0.25) is 0 Å². The number of nitrogens with two attached hydrogens (primary N) is 1. The molecule has 0 unspecified atom stereocenters. The largest absolute Gasteiger partial charge is 0.336 e. The van der Waals surface area contributed by atoms with Gasteiger partial charge in [0.05, 0.1) is 22.3 Å². The van der Waals surface area contributed by atoms with Gasteiger partial charge in [0.25, 0.3) is 0 Å². The molecule has 0 atom stereocenters. The predicted molar refractivity (Wildman–Crippen MR) is 118 cm³/mol. The summed E-state index contributed by atoms with van der Waals surface area (Å²) < 4.78 is 37.9. The molecule has 0 aliphatic rings. The summed E-state index contributed by atoms with van der Waals surface area (Å²) in [4.78, 5) is 12.6. The molecule has 31 heavy (non-hydrogen) atoms. The lowest BCUT2D eigenvalue weighted by atomic mass is 10.1. The van der Waals surface area contributed by atoms with Gasteiger partial charge in [0.15, 0.2) is 11.6 Å². The smallest absolute Gasteiger partial charge is 0.238 e. The van der Waals surface area contributed by atoms with Crippen LogP contribution in [0.5, 0.6) is 0 Å². The van der Waals surface area contributed by atoms with Crippen molar-refractivity contribution in [3.8, 4) is 0 Å². The number of rotatable bonds is 5. The van der Waals surface area contributed by atoms with E-state index in [0.29, 0.717) is 22.5 Å². The van der Waals surface area contributed by atoms with Gasteiger partial charge < -0.3 is 10.6 Å². The number of hydrogen-bond donors (Lipinski definition) is 3. The minimum Gasteiger partial charge on any atom is -0.336 e. The number of aromatic nitrogens is 3. The number of pyridine rings is 1. The van der Waals surface area contributed by atoms with Gasteiger partial charge in [-0.1, -0.05) is 24.3 Å². The Morgan fingerprint density at radius 2 is 1.81 bits per heavy atom. The van der Waals surface area contributed by atoms with E-state index in [1.807, 2.05) is 31.2 Å². The van der Waals surface area contributed by atoms with Crippen LogP contribution in [0.15, 0.2) is 59.6 Å². The molecule has 0 aliphatic carbocycles. The molecule has 8 nitrogen and oxygen atoms in total. The molecule has 0 radical (unpaired) electrons. The summed E-state index contributed by atoms with van der Waals surface area (Å²) in [6.45, 7) is 3.51. The molecule has 2 heterocycles. The first kappa shape index (κ1) is 20.6. The Morgan fingerprint density at radius 1 is 1.00 bits per heavy atom. The zero-order valence-corrected chi connectivity index (χ0v) is 17.5. The summed E-state index contributed by atoms with van der Waals surface area (Å²) >= 11 is 0. The normalized spacial score (nSPS) is 11.5. The van der Waals surface area contributed by atoms with E-state index in [1.165, 1.54) is 6.07 Å². The van der Waals surface area contributed by atoms with Crippen molar-refractivity contribution < 1.29 is 12.8 Å². The van der Waals surface area contributed by atoms with Crippen LogP contribution in [0.25, 0.3) is 10.9 Å². The summed E-state index contributed by atoms with van der Waals surface area (Å²) in [6, 6.07) is 14.0. The van der Waals surface area contributed by atoms with Gasteiger partial charge >= 0.3 is 0 Å². The fraction of sp³-hybridized carbons (Fsp3) is 0.0952. The lowest BCUT2D eigenvalue weighted by Gasteiger charge is -2.12. The first-order chi connectivity index (χ1) is 14.7. The Kier molecular flexibility index (Phi) is 5.25. The molecule has 2 aromatic heterocycles. The van der Waals surface area contributed by atoms with E-state index < -0.39 is 15.8 Å². The maximum atomic E-state index is 14.4. The van der Waals surface area contributed by atoms with Crippen LogP contribution in [-0.2, 0) is 10.0 Å². The molecule has 0 bridgehead atoms. The molecule has 0 saturated heterocycles. The topological polar surface area (TPSA) is 123 Å². The second-order valence-corrected chi connectivity index (χ2v) is 8.53. The average Bonchev–Trinajstić information content (AvgIpc) is 2.71. The number of anilines is 4. The maximum Gasteiger partial charge on any atom is 0.238 e. The van der Waals surface area contributed by atoms with Crippen molar-refractivity contribution >= 4 is 44.1 Å². The van der Waals surface area contributed by atoms with Gasteiger partial charge in [-0.05, 0) is 43.7 Å². The number of hydrogen-bond acceptors (Lipinski definition) is 7. The standard InChI is InChI=1S/C21H19FN6O2S/c1-12-6-9-15(10-18(12)31(23,29)30)26-21-24-11-16(22)20(28-21)27-17-5-3-4-14-8-7-13(2)25-19(14)17/h3-11H,1-2H3,(H2,23,29,30)(H2,24,26,27,28). The molecule has 4 N–H and O–H groups in total. The van der Waals surface area contributed by atoms with Gasteiger partial charge in [-0.25, -0.2) is 22.9 Å². The quantitative estimate of drug-likeness (QED) is 0.432. The number of nitrogens with one attached hydrogen (secondary N) is 2. The fourth-order valence-electron chi connectivity index (χ4n) is 3.10. The summed E-state index contributed by atoms with van der Waals surface area (Å²) in [5.41, 5.74) is 3.02. The van der Waals surface area contributed by atoms with Crippen LogP contribution in [0.1, 0.15) is 11.3 Å². The second kappa shape index (κ2) is 7.89. The molecule has 4 rings (SSSR count). The molecule has 4 aromatic rings. The van der Waals surface area contributed by atoms with E-state index in [1.54, 1.807) is 25.1 Å². The lowest BCUT2D eigenvalue weighted by molar-refractivity contribution is 0.597. The minimum absolute atomic E-state index is 0.0184. The number of primary sulfonamides is 1. The van der Waals surface area contributed by atoms with Gasteiger partial charge in [-0.2, -0.15) is 4.98 Å². The monoisotopic (exact) mass is 438 g/mol. The summed E-state index contributed by atoms with van der Waals surface area (Å²) in [5.74, 6) is -0.617. The Hall–Kier alpha value is -3.63. The maximum absolute atomic E-state index is 14.4. The van der Waals surface area contributed by atoms with Crippen molar-refractivity contribution in [2.45, 2.75) is 18.7 Å². The van der Waals surface area contributed by atoms with Crippen molar-refractivity contribution in [2.75, 3.05) is 10.6 Å². The van der Waals surface area contributed by atoms with Gasteiger partial charge in [-0.3, -0.25) is 4.98 Å². The molecule has 0 amide bonds. The highest BCUT2D eigenvalue weighted by Crippen LogP contribution is 2.27. The van der Waals surface area contributed by atoms with Crippen LogP contribution in [-0.4, -0.2) is 23.4 Å². The first-order valence-electron chi connectivity index (χ1n) is 9.27. The lowest BCUT2D eigenvalue weighted by Crippen LogP contribution is -2.14. The van der Waals surface area contributed by atoms with E-state index in [4.69, 9.17) is 5.14 Å². The Balaban J connectivity index is 1.67. The zero-order valence-electron chi connectivity index (χ0n) is 16.7. The summed E-state index contributed by atoms with van der Waals surface area (Å²) in [5, 5.41) is 12.0. The number of fused-ring (bicyclic) bond motifs is 1. The zero-order chi connectivity index (χ0) is 22.2. The number of sulfonamides is 1. The number of para-hydroxylation sites is 1. The third-order valence-electron chi connectivity index (χ3n) is 4.61. The number of benzene rings is 2. The van der Waals surface area contributed by atoms with Crippen molar-refractivity contribution in [3.63, 3.8) is 0 Å². The molecule has 0 saturated carbocycles. The van der Waals surface area contributed by atoms with Crippen LogP contribution < -0.4 is 15.8 Å². The van der Waals surface area contributed by atoms with Crippen molar-refractivity contribution in [1.29, 1.82) is 0 Å². The summed E-state index contributed by atoms with van der Waals surface area (Å²) in [7, 11) is -3.89. The molecule has 0 fully saturated rings.